The number of rotatable bonds is 10. The Balaban J connectivity index is 1.64. The summed E-state index contributed by atoms with van der Waals surface area (Å²) >= 11 is 0. The van der Waals surface area contributed by atoms with Crippen LogP contribution in [0, 0.1) is 5.41 Å². The van der Waals surface area contributed by atoms with Gasteiger partial charge in [-0.2, -0.15) is 0 Å². The maximum atomic E-state index is 12.5. The molecule has 1 amide bonds. The van der Waals surface area contributed by atoms with E-state index in [1.165, 1.54) is 0 Å². The van der Waals surface area contributed by atoms with Gasteiger partial charge in [-0.3, -0.25) is 9.59 Å². The molecule has 0 fully saturated rings. The van der Waals surface area contributed by atoms with Gasteiger partial charge in [-0.1, -0.05) is 26.0 Å². The number of carboxylic acid groups (broad SMARTS) is 1. The monoisotopic (exact) mass is 436 g/mol. The lowest BCUT2D eigenvalue weighted by Crippen LogP contribution is -2.34. The summed E-state index contributed by atoms with van der Waals surface area (Å²) in [6, 6.07) is 16.6. The van der Waals surface area contributed by atoms with Gasteiger partial charge in [0.15, 0.2) is 0 Å². The van der Waals surface area contributed by atoms with E-state index in [9.17, 15) is 14.7 Å². The zero-order chi connectivity index (χ0) is 23.1. The standard InChI is InChI=1S/C25H28N2O5/c1-4-25(5-2,24(29)30)15-23(28)27-18-7-6-8-21(14-18)32-16-19-10-9-17-13-20(31-3)11-12-22(17)26-19/h6-14H,4-5,15-16H2,1-3H3,(H,27,28)(H,29,30). The number of benzene rings is 2. The largest absolute Gasteiger partial charge is 0.497 e. The molecule has 1 aromatic heterocycles. The van der Waals surface area contributed by atoms with E-state index in [4.69, 9.17) is 9.47 Å². The van der Waals surface area contributed by atoms with Crippen LogP contribution in [0.4, 0.5) is 5.69 Å². The number of ether oxygens (including phenoxy) is 2. The quantitative estimate of drug-likeness (QED) is 0.462. The van der Waals surface area contributed by atoms with Crippen LogP contribution in [-0.2, 0) is 16.2 Å². The normalized spacial score (nSPS) is 11.2. The van der Waals surface area contributed by atoms with Gasteiger partial charge < -0.3 is 19.9 Å². The molecule has 32 heavy (non-hydrogen) atoms. The van der Waals surface area contributed by atoms with Crippen LogP contribution in [0.2, 0.25) is 0 Å². The number of carbonyl (C=O) groups excluding carboxylic acids is 1. The van der Waals surface area contributed by atoms with Crippen LogP contribution in [0.1, 0.15) is 38.8 Å². The van der Waals surface area contributed by atoms with Gasteiger partial charge in [0.1, 0.15) is 18.1 Å². The number of nitrogens with one attached hydrogen (secondary N) is 1. The lowest BCUT2D eigenvalue weighted by molar-refractivity contribution is -0.151. The highest BCUT2D eigenvalue weighted by atomic mass is 16.5. The summed E-state index contributed by atoms with van der Waals surface area (Å²) in [5.41, 5.74) is 1.12. The number of fused-ring (bicyclic) bond motifs is 1. The second-order valence-electron chi connectivity index (χ2n) is 7.70. The minimum absolute atomic E-state index is 0.0772. The van der Waals surface area contributed by atoms with Crippen molar-refractivity contribution < 1.29 is 24.2 Å². The van der Waals surface area contributed by atoms with Gasteiger partial charge in [0.05, 0.1) is 23.7 Å². The van der Waals surface area contributed by atoms with Crippen molar-refractivity contribution in [1.29, 1.82) is 0 Å². The first-order valence-corrected chi connectivity index (χ1v) is 10.6. The number of carbonyl (C=O) groups is 2. The number of carboxylic acids is 1. The number of anilines is 1. The third-order valence-electron chi connectivity index (χ3n) is 5.76. The van der Waals surface area contributed by atoms with E-state index in [1.807, 2.05) is 30.3 Å². The van der Waals surface area contributed by atoms with Crippen molar-refractivity contribution in [3.8, 4) is 11.5 Å². The van der Waals surface area contributed by atoms with Crippen molar-refractivity contribution in [3.63, 3.8) is 0 Å². The highest BCUT2D eigenvalue weighted by molar-refractivity contribution is 5.94. The van der Waals surface area contributed by atoms with Gasteiger partial charge in [-0.25, -0.2) is 4.98 Å². The lowest BCUT2D eigenvalue weighted by atomic mass is 9.79. The Morgan fingerprint density at radius 1 is 1.03 bits per heavy atom. The van der Waals surface area contributed by atoms with Crippen LogP contribution in [0.5, 0.6) is 11.5 Å². The average Bonchev–Trinajstić information content (AvgIpc) is 2.80. The minimum atomic E-state index is -1.05. The molecule has 0 radical (unpaired) electrons. The van der Waals surface area contributed by atoms with E-state index in [-0.39, 0.29) is 18.9 Å². The van der Waals surface area contributed by atoms with Crippen molar-refractivity contribution in [2.24, 2.45) is 5.41 Å². The molecule has 3 aromatic rings. The highest BCUT2D eigenvalue weighted by Crippen LogP contribution is 2.31. The van der Waals surface area contributed by atoms with Crippen LogP contribution in [0.25, 0.3) is 10.9 Å². The molecule has 0 saturated carbocycles. The Kier molecular flexibility index (Phi) is 7.30. The minimum Gasteiger partial charge on any atom is -0.497 e. The molecule has 0 unspecified atom stereocenters. The summed E-state index contributed by atoms with van der Waals surface area (Å²) in [5, 5.41) is 13.3. The summed E-state index contributed by atoms with van der Waals surface area (Å²) in [4.78, 5) is 28.7. The lowest BCUT2D eigenvalue weighted by Gasteiger charge is -2.25. The topological polar surface area (TPSA) is 97.8 Å². The molecule has 168 valence electrons. The number of nitrogens with zero attached hydrogens (tertiary/aromatic N) is 1. The number of aromatic nitrogens is 1. The fourth-order valence-electron chi connectivity index (χ4n) is 3.56. The summed E-state index contributed by atoms with van der Waals surface area (Å²) in [6.07, 6.45) is 0.702. The second kappa shape index (κ2) is 10.1. The van der Waals surface area contributed by atoms with Crippen molar-refractivity contribution in [2.45, 2.75) is 39.7 Å². The first-order valence-electron chi connectivity index (χ1n) is 10.6. The zero-order valence-corrected chi connectivity index (χ0v) is 18.6. The molecule has 0 spiro atoms. The van der Waals surface area contributed by atoms with Gasteiger partial charge >= 0.3 is 5.97 Å². The predicted octanol–water partition coefficient (Wildman–Crippen LogP) is 5.04. The van der Waals surface area contributed by atoms with Gasteiger partial charge in [0.25, 0.3) is 0 Å². The summed E-state index contributed by atoms with van der Waals surface area (Å²) in [5.74, 6) is 0.0754. The van der Waals surface area contributed by atoms with Crippen LogP contribution < -0.4 is 14.8 Å². The number of hydrogen-bond donors (Lipinski definition) is 2. The Bertz CT molecular complexity index is 1110. The predicted molar refractivity (Wildman–Crippen MR) is 123 cm³/mol. The van der Waals surface area contributed by atoms with Crippen molar-refractivity contribution in [3.05, 3.63) is 60.3 Å². The van der Waals surface area contributed by atoms with Crippen LogP contribution in [-0.4, -0.2) is 29.1 Å². The molecule has 0 bridgehead atoms. The average molecular weight is 437 g/mol. The van der Waals surface area contributed by atoms with E-state index >= 15 is 0 Å². The van der Waals surface area contributed by atoms with Crippen LogP contribution in [0.3, 0.4) is 0 Å². The number of pyridine rings is 1. The third-order valence-corrected chi connectivity index (χ3v) is 5.76. The van der Waals surface area contributed by atoms with Crippen molar-refractivity contribution in [2.75, 3.05) is 12.4 Å². The zero-order valence-electron chi connectivity index (χ0n) is 18.6. The van der Waals surface area contributed by atoms with E-state index in [0.717, 1.165) is 22.3 Å². The summed E-state index contributed by atoms with van der Waals surface area (Å²) in [7, 11) is 1.63. The Labute approximate surface area is 187 Å². The molecule has 2 N–H and O–H groups in total. The molecule has 0 saturated heterocycles. The Morgan fingerprint density at radius 3 is 2.50 bits per heavy atom. The SMILES string of the molecule is CCC(CC)(CC(=O)Nc1cccc(OCc2ccc3cc(OC)ccc3n2)c1)C(=O)O. The van der Waals surface area contributed by atoms with Gasteiger partial charge in [-0.05, 0) is 49.2 Å². The van der Waals surface area contributed by atoms with Gasteiger partial charge in [0.2, 0.25) is 5.91 Å². The maximum Gasteiger partial charge on any atom is 0.310 e. The van der Waals surface area contributed by atoms with Gasteiger partial charge in [0, 0.05) is 23.6 Å². The highest BCUT2D eigenvalue weighted by Gasteiger charge is 2.37. The van der Waals surface area contributed by atoms with Crippen LogP contribution in [0.15, 0.2) is 54.6 Å². The van der Waals surface area contributed by atoms with Gasteiger partial charge in [-0.15, -0.1) is 0 Å². The molecule has 0 aliphatic heterocycles. The molecular weight excluding hydrogens is 408 g/mol. The first-order chi connectivity index (χ1) is 15.4. The Hall–Kier alpha value is -3.61. The number of aliphatic carboxylic acids is 1. The van der Waals surface area contributed by atoms with E-state index in [1.54, 1.807) is 45.2 Å². The fraction of sp³-hybridized carbons (Fsp3) is 0.320. The first kappa shape index (κ1) is 23.1. The number of amides is 1. The molecule has 7 heteroatoms. The molecule has 3 rings (SSSR count). The molecule has 0 atom stereocenters. The van der Waals surface area contributed by atoms with Crippen LogP contribution >= 0.6 is 0 Å². The summed E-state index contributed by atoms with van der Waals surface area (Å²) < 4.78 is 11.1. The van der Waals surface area contributed by atoms with Crippen molar-refractivity contribution in [1.82, 2.24) is 4.98 Å². The third kappa shape index (κ3) is 5.35. The smallest absolute Gasteiger partial charge is 0.310 e. The molecule has 0 aliphatic rings. The van der Waals surface area contributed by atoms with E-state index in [0.29, 0.717) is 24.3 Å². The molecule has 0 aliphatic carbocycles. The number of hydrogen-bond acceptors (Lipinski definition) is 5. The molecular formula is C25H28N2O5. The molecule has 1 heterocycles. The van der Waals surface area contributed by atoms with E-state index in [2.05, 4.69) is 10.3 Å². The molecule has 7 nitrogen and oxygen atoms in total. The van der Waals surface area contributed by atoms with E-state index < -0.39 is 11.4 Å². The Morgan fingerprint density at radius 2 is 1.81 bits per heavy atom. The maximum absolute atomic E-state index is 12.5. The summed E-state index contributed by atoms with van der Waals surface area (Å²) in [6.45, 7) is 3.85. The molecule has 2 aromatic carbocycles. The second-order valence-corrected chi connectivity index (χ2v) is 7.70. The fourth-order valence-corrected chi connectivity index (χ4v) is 3.56. The number of methoxy groups -OCH3 is 1. The van der Waals surface area contributed by atoms with Crippen molar-refractivity contribution >= 4 is 28.5 Å².